The lowest BCUT2D eigenvalue weighted by Gasteiger charge is -2.32. The average molecular weight is 422 g/mol. The lowest BCUT2D eigenvalue weighted by atomic mass is 9.76. The van der Waals surface area contributed by atoms with Crippen molar-refractivity contribution in [1.82, 2.24) is 0 Å². The third-order valence-electron chi connectivity index (χ3n) is 8.47. The molecule has 1 heterocycles. The molecule has 162 valence electrons. The molecule has 2 fully saturated rings. The Morgan fingerprint density at radius 3 is 2.06 bits per heavy atom. The Hall–Kier alpha value is -2.36. The Bertz CT molecular complexity index is 1190. The van der Waals surface area contributed by atoms with Gasteiger partial charge in [-0.25, -0.2) is 0 Å². The van der Waals surface area contributed by atoms with Crippen molar-refractivity contribution in [3.8, 4) is 22.3 Å². The lowest BCUT2D eigenvalue weighted by molar-refractivity contribution is 0.00578. The van der Waals surface area contributed by atoms with E-state index < -0.39 is 0 Å². The largest absolute Gasteiger partial charge is 0.494 e. The average Bonchev–Trinajstić information content (AvgIpc) is 3.44. The van der Waals surface area contributed by atoms with Crippen LogP contribution in [0.2, 0.25) is 0 Å². The molecular weight excluding hydrogens is 391 g/mol. The van der Waals surface area contributed by atoms with Gasteiger partial charge in [0.05, 0.1) is 11.2 Å². The SMILES string of the molecule is CC1(C)OB(c2cccc(-c3ccc4c(c3)-c3ccccc3C43CCCC3)c2)OC1(C)C. The number of hydrogen-bond acceptors (Lipinski definition) is 2. The molecule has 3 aromatic rings. The Morgan fingerprint density at radius 2 is 1.31 bits per heavy atom. The van der Waals surface area contributed by atoms with Crippen LogP contribution in [0.5, 0.6) is 0 Å². The maximum absolute atomic E-state index is 6.30. The van der Waals surface area contributed by atoms with Crippen LogP contribution in [-0.4, -0.2) is 18.3 Å². The molecule has 3 heteroatoms. The van der Waals surface area contributed by atoms with Crippen LogP contribution in [-0.2, 0) is 14.7 Å². The van der Waals surface area contributed by atoms with Gasteiger partial charge in [0.15, 0.2) is 0 Å². The van der Waals surface area contributed by atoms with Crippen LogP contribution in [0.15, 0.2) is 66.7 Å². The van der Waals surface area contributed by atoms with Gasteiger partial charge in [-0.3, -0.25) is 0 Å². The summed E-state index contributed by atoms with van der Waals surface area (Å²) in [5.74, 6) is 0. The van der Waals surface area contributed by atoms with Crippen LogP contribution in [0.4, 0.5) is 0 Å². The van der Waals surface area contributed by atoms with Crippen molar-refractivity contribution in [2.75, 3.05) is 0 Å². The number of fused-ring (bicyclic) bond motifs is 5. The van der Waals surface area contributed by atoms with Crippen LogP contribution >= 0.6 is 0 Å². The quantitative estimate of drug-likeness (QED) is 0.440. The van der Waals surface area contributed by atoms with E-state index in [9.17, 15) is 0 Å². The van der Waals surface area contributed by atoms with E-state index in [0.717, 1.165) is 5.46 Å². The molecule has 6 rings (SSSR count). The molecule has 1 aliphatic heterocycles. The second kappa shape index (κ2) is 6.82. The first-order valence-corrected chi connectivity index (χ1v) is 12.0. The summed E-state index contributed by atoms with van der Waals surface area (Å²) in [5.41, 5.74) is 9.02. The summed E-state index contributed by atoms with van der Waals surface area (Å²) in [5, 5.41) is 0. The Balaban J connectivity index is 1.41. The lowest BCUT2D eigenvalue weighted by Crippen LogP contribution is -2.41. The second-order valence-electron chi connectivity index (χ2n) is 10.8. The highest BCUT2D eigenvalue weighted by atomic mass is 16.7. The summed E-state index contributed by atoms with van der Waals surface area (Å²) in [7, 11) is -0.336. The molecular formula is C29H31BO2. The molecule has 3 aliphatic rings. The van der Waals surface area contributed by atoms with Gasteiger partial charge in [-0.1, -0.05) is 73.5 Å². The van der Waals surface area contributed by atoms with Crippen molar-refractivity contribution in [3.63, 3.8) is 0 Å². The van der Waals surface area contributed by atoms with Crippen LogP contribution in [0.3, 0.4) is 0 Å². The van der Waals surface area contributed by atoms with Crippen molar-refractivity contribution in [3.05, 3.63) is 77.9 Å². The van der Waals surface area contributed by atoms with Gasteiger partial charge in [-0.2, -0.15) is 0 Å². The van der Waals surface area contributed by atoms with Crippen molar-refractivity contribution >= 4 is 12.6 Å². The zero-order valence-corrected chi connectivity index (χ0v) is 19.6. The summed E-state index contributed by atoms with van der Waals surface area (Å²) in [6.45, 7) is 8.42. The molecule has 1 saturated carbocycles. The maximum atomic E-state index is 6.30. The van der Waals surface area contributed by atoms with Crippen molar-refractivity contribution in [2.45, 2.75) is 70.0 Å². The van der Waals surface area contributed by atoms with E-state index >= 15 is 0 Å². The monoisotopic (exact) mass is 422 g/mol. The topological polar surface area (TPSA) is 18.5 Å². The Labute approximate surface area is 192 Å². The highest BCUT2D eigenvalue weighted by Crippen LogP contribution is 2.57. The molecule has 3 aromatic carbocycles. The van der Waals surface area contributed by atoms with E-state index in [1.54, 1.807) is 0 Å². The molecule has 32 heavy (non-hydrogen) atoms. The number of rotatable bonds is 2. The van der Waals surface area contributed by atoms with E-state index in [2.05, 4.69) is 94.4 Å². The van der Waals surface area contributed by atoms with Gasteiger partial charge < -0.3 is 9.31 Å². The van der Waals surface area contributed by atoms with Crippen molar-refractivity contribution < 1.29 is 9.31 Å². The molecule has 1 spiro atoms. The second-order valence-corrected chi connectivity index (χ2v) is 10.8. The first-order valence-electron chi connectivity index (χ1n) is 12.0. The zero-order valence-electron chi connectivity index (χ0n) is 19.6. The van der Waals surface area contributed by atoms with Crippen LogP contribution in [0.25, 0.3) is 22.3 Å². The summed E-state index contributed by atoms with van der Waals surface area (Å²) >= 11 is 0. The summed E-state index contributed by atoms with van der Waals surface area (Å²) < 4.78 is 12.6. The van der Waals surface area contributed by atoms with Gasteiger partial charge >= 0.3 is 7.12 Å². The summed E-state index contributed by atoms with van der Waals surface area (Å²) in [4.78, 5) is 0. The standard InChI is InChI=1S/C29H31BO2/c1-27(2)28(3,4)32-30(31-27)22-11-9-10-20(18-22)21-14-15-26-24(19-21)23-12-5-6-13-25(23)29(26)16-7-8-17-29/h5-6,9-15,18-19H,7-8,16-17H2,1-4H3. The fourth-order valence-corrected chi connectivity index (χ4v) is 6.01. The zero-order chi connectivity index (χ0) is 22.1. The van der Waals surface area contributed by atoms with E-state index in [4.69, 9.17) is 9.31 Å². The van der Waals surface area contributed by atoms with Gasteiger partial charge in [0.25, 0.3) is 0 Å². The number of hydrogen-bond donors (Lipinski definition) is 0. The first kappa shape index (κ1) is 20.3. The summed E-state index contributed by atoms with van der Waals surface area (Å²) in [6.07, 6.45) is 5.19. The molecule has 0 atom stereocenters. The third-order valence-corrected chi connectivity index (χ3v) is 8.47. The molecule has 0 radical (unpaired) electrons. The van der Waals surface area contributed by atoms with Gasteiger partial charge in [-0.15, -0.1) is 0 Å². The first-order chi connectivity index (χ1) is 15.3. The number of benzene rings is 3. The molecule has 2 aliphatic carbocycles. The Morgan fingerprint density at radius 1 is 0.656 bits per heavy atom. The fraction of sp³-hybridized carbons (Fsp3) is 0.379. The normalized spacial score (nSPS) is 21.7. The maximum Gasteiger partial charge on any atom is 0.494 e. The van der Waals surface area contributed by atoms with E-state index in [-0.39, 0.29) is 23.7 Å². The molecule has 0 bridgehead atoms. The van der Waals surface area contributed by atoms with Gasteiger partial charge in [-0.05, 0) is 85.4 Å². The molecule has 2 nitrogen and oxygen atoms in total. The van der Waals surface area contributed by atoms with E-state index in [1.807, 2.05) is 0 Å². The summed E-state index contributed by atoms with van der Waals surface area (Å²) in [6, 6.07) is 24.8. The smallest absolute Gasteiger partial charge is 0.399 e. The van der Waals surface area contributed by atoms with E-state index in [1.165, 1.54) is 59.1 Å². The van der Waals surface area contributed by atoms with Crippen LogP contribution in [0, 0.1) is 0 Å². The van der Waals surface area contributed by atoms with Crippen LogP contribution < -0.4 is 5.46 Å². The fourth-order valence-electron chi connectivity index (χ4n) is 6.01. The van der Waals surface area contributed by atoms with Crippen molar-refractivity contribution in [2.24, 2.45) is 0 Å². The highest BCUT2D eigenvalue weighted by Gasteiger charge is 2.51. The molecule has 0 aromatic heterocycles. The van der Waals surface area contributed by atoms with Gasteiger partial charge in [0, 0.05) is 5.41 Å². The molecule has 1 saturated heterocycles. The third kappa shape index (κ3) is 2.81. The molecule has 0 amide bonds. The van der Waals surface area contributed by atoms with Crippen molar-refractivity contribution in [1.29, 1.82) is 0 Å². The predicted octanol–water partition coefficient (Wildman–Crippen LogP) is 6.49. The Kier molecular flexibility index (Phi) is 4.32. The predicted molar refractivity (Wildman–Crippen MR) is 132 cm³/mol. The minimum absolute atomic E-state index is 0.231. The van der Waals surface area contributed by atoms with Gasteiger partial charge in [0.2, 0.25) is 0 Å². The molecule has 0 unspecified atom stereocenters. The minimum Gasteiger partial charge on any atom is -0.399 e. The van der Waals surface area contributed by atoms with Gasteiger partial charge in [0.1, 0.15) is 0 Å². The van der Waals surface area contributed by atoms with Crippen LogP contribution in [0.1, 0.15) is 64.5 Å². The molecule has 0 N–H and O–H groups in total. The minimum atomic E-state index is -0.336. The van der Waals surface area contributed by atoms with E-state index in [0.29, 0.717) is 0 Å². The highest BCUT2D eigenvalue weighted by molar-refractivity contribution is 6.62.